The quantitative estimate of drug-likeness (QED) is 0.278. The van der Waals surface area contributed by atoms with Crippen molar-refractivity contribution in [3.8, 4) is 0 Å². The van der Waals surface area contributed by atoms with Gasteiger partial charge in [-0.15, -0.1) is 0 Å². The Balaban J connectivity index is 0.00000420. The third kappa shape index (κ3) is 8.34. The minimum Gasteiger partial charge on any atom is -0.744 e. The van der Waals surface area contributed by atoms with E-state index < -0.39 is 10.1 Å². The number of hydrogen-bond donors (Lipinski definition) is 0. The van der Waals surface area contributed by atoms with Crippen molar-refractivity contribution < 1.29 is 42.5 Å². The zero-order valence-corrected chi connectivity index (χ0v) is 21.3. The molecule has 2 aromatic rings. The van der Waals surface area contributed by atoms with Crippen molar-refractivity contribution in [1.82, 2.24) is 0 Å². The van der Waals surface area contributed by atoms with Gasteiger partial charge in [0.25, 0.3) is 0 Å². The van der Waals surface area contributed by atoms with Gasteiger partial charge in [0.15, 0.2) is 0 Å². The normalized spacial score (nSPS) is 11.6. The smallest absolute Gasteiger partial charge is 0.744 e. The van der Waals surface area contributed by atoms with E-state index in [1.54, 1.807) is 6.07 Å². The Bertz CT molecular complexity index is 847. The van der Waals surface area contributed by atoms with Gasteiger partial charge in [-0.25, -0.2) is 8.42 Å². The van der Waals surface area contributed by atoms with E-state index in [1.165, 1.54) is 32.1 Å². The number of unbranched alkanes of at least 4 members (excludes halogenated alkanes) is 8. The number of benzene rings is 2. The third-order valence-electron chi connectivity index (χ3n) is 5.53. The Labute approximate surface area is 199 Å². The second-order valence-corrected chi connectivity index (χ2v) is 9.16. The SMILES string of the molecule is CCCCCCCc1cc2ccccc2c(S(=O)(=O)[O-])c1CCCCCCC.[Na+]. The van der Waals surface area contributed by atoms with Crippen molar-refractivity contribution in [3.63, 3.8) is 0 Å². The van der Waals surface area contributed by atoms with Gasteiger partial charge in [-0.3, -0.25) is 0 Å². The number of hydrogen-bond acceptors (Lipinski definition) is 3. The monoisotopic (exact) mass is 426 g/mol. The second kappa shape index (κ2) is 13.8. The topological polar surface area (TPSA) is 57.2 Å². The molecule has 0 unspecified atom stereocenters. The van der Waals surface area contributed by atoms with Gasteiger partial charge in [-0.05, 0) is 47.6 Å². The molecule has 0 N–H and O–H groups in total. The van der Waals surface area contributed by atoms with E-state index in [0.29, 0.717) is 11.8 Å². The minimum atomic E-state index is -4.52. The number of rotatable bonds is 13. The molecule has 2 rings (SSSR count). The molecule has 0 atom stereocenters. The predicted octanol–water partition coefficient (Wildman–Crippen LogP) is 3.77. The Morgan fingerprint density at radius 2 is 1.34 bits per heavy atom. The molecule has 0 saturated carbocycles. The molecule has 0 fully saturated rings. The summed E-state index contributed by atoms with van der Waals surface area (Å²) in [7, 11) is -4.52. The van der Waals surface area contributed by atoms with Gasteiger partial charge in [0.2, 0.25) is 0 Å². The molecular weight excluding hydrogens is 391 g/mol. The number of aryl methyl sites for hydroxylation is 1. The first kappa shape index (κ1) is 26.6. The summed E-state index contributed by atoms with van der Waals surface area (Å²) in [6.45, 7) is 4.38. The van der Waals surface area contributed by atoms with E-state index >= 15 is 0 Å². The Hall–Kier alpha value is -0.390. The van der Waals surface area contributed by atoms with Crippen LogP contribution in [0.3, 0.4) is 0 Å². The van der Waals surface area contributed by atoms with Crippen LogP contribution in [0.1, 0.15) is 89.2 Å². The Morgan fingerprint density at radius 1 is 0.793 bits per heavy atom. The van der Waals surface area contributed by atoms with Crippen LogP contribution in [0.15, 0.2) is 35.2 Å². The van der Waals surface area contributed by atoms with Crippen molar-refractivity contribution in [2.24, 2.45) is 0 Å². The van der Waals surface area contributed by atoms with Crippen molar-refractivity contribution >= 4 is 20.9 Å². The zero-order valence-electron chi connectivity index (χ0n) is 18.5. The maximum Gasteiger partial charge on any atom is 1.00 e. The summed E-state index contributed by atoms with van der Waals surface area (Å²) in [5.41, 5.74) is 1.83. The summed E-state index contributed by atoms with van der Waals surface area (Å²) in [5, 5.41) is 1.44. The van der Waals surface area contributed by atoms with Gasteiger partial charge >= 0.3 is 29.6 Å². The van der Waals surface area contributed by atoms with Crippen LogP contribution in [0, 0.1) is 0 Å². The van der Waals surface area contributed by atoms with E-state index in [9.17, 15) is 13.0 Å². The summed E-state index contributed by atoms with van der Waals surface area (Å²) in [6.07, 6.45) is 12.9. The Morgan fingerprint density at radius 3 is 1.93 bits per heavy atom. The van der Waals surface area contributed by atoms with Crippen molar-refractivity contribution in [2.75, 3.05) is 0 Å². The molecule has 5 heteroatoms. The first-order valence-corrected chi connectivity index (χ1v) is 12.4. The molecule has 156 valence electrons. The van der Waals surface area contributed by atoms with Crippen LogP contribution in [-0.2, 0) is 23.0 Å². The molecule has 29 heavy (non-hydrogen) atoms. The van der Waals surface area contributed by atoms with Crippen molar-refractivity contribution in [1.29, 1.82) is 0 Å². The van der Waals surface area contributed by atoms with Crippen molar-refractivity contribution in [2.45, 2.75) is 95.8 Å². The first-order valence-electron chi connectivity index (χ1n) is 11.0. The summed E-state index contributed by atoms with van der Waals surface area (Å²) in [4.78, 5) is 0.0321. The third-order valence-corrected chi connectivity index (χ3v) is 6.49. The predicted molar refractivity (Wildman–Crippen MR) is 117 cm³/mol. The fourth-order valence-electron chi connectivity index (χ4n) is 4.02. The second-order valence-electron chi connectivity index (χ2n) is 7.85. The number of fused-ring (bicyclic) bond motifs is 1. The van der Waals surface area contributed by atoms with E-state index in [-0.39, 0.29) is 34.5 Å². The molecule has 0 heterocycles. The zero-order chi connectivity index (χ0) is 20.4. The molecule has 0 saturated heterocycles. The minimum absolute atomic E-state index is 0. The molecular formula is C24H35NaO3S. The summed E-state index contributed by atoms with van der Waals surface area (Å²) in [5.74, 6) is 0. The standard InChI is InChI=1S/C24H36O3S.Na/c1-3-5-7-9-11-15-20-19-21-16-13-14-18-23(21)24(28(25,26)27)22(20)17-12-10-8-6-4-2;/h13-14,16,18-19H,3-12,15,17H2,1-2H3,(H,25,26,27);/q;+1/p-1. The van der Waals surface area contributed by atoms with Crippen LogP contribution in [-0.4, -0.2) is 13.0 Å². The van der Waals surface area contributed by atoms with Crippen molar-refractivity contribution in [3.05, 3.63) is 41.5 Å². The summed E-state index contributed by atoms with van der Waals surface area (Å²) >= 11 is 0. The van der Waals surface area contributed by atoms with E-state index in [2.05, 4.69) is 19.9 Å². The van der Waals surface area contributed by atoms with Crippen LogP contribution < -0.4 is 29.6 Å². The fourth-order valence-corrected chi connectivity index (χ4v) is 5.01. The molecule has 0 aliphatic heterocycles. The maximum atomic E-state index is 12.2. The molecule has 0 aliphatic carbocycles. The first-order chi connectivity index (χ1) is 13.5. The molecule has 0 spiro atoms. The molecule has 3 nitrogen and oxygen atoms in total. The van der Waals surface area contributed by atoms with Gasteiger partial charge in [-0.1, -0.05) is 95.5 Å². The summed E-state index contributed by atoms with van der Waals surface area (Å²) < 4.78 is 36.6. The van der Waals surface area contributed by atoms with E-state index in [1.807, 2.05) is 18.2 Å². The van der Waals surface area contributed by atoms with Crippen LogP contribution in [0.4, 0.5) is 0 Å². The molecule has 0 aromatic heterocycles. The average Bonchev–Trinajstić information content (AvgIpc) is 2.66. The molecule has 0 radical (unpaired) electrons. The van der Waals surface area contributed by atoms with Gasteiger partial charge in [0, 0.05) is 0 Å². The van der Waals surface area contributed by atoms with Crippen LogP contribution in [0.25, 0.3) is 10.8 Å². The fraction of sp³-hybridized carbons (Fsp3) is 0.583. The molecule has 0 aliphatic rings. The van der Waals surface area contributed by atoms with Gasteiger partial charge in [0.05, 0.1) is 4.90 Å². The summed E-state index contributed by atoms with van der Waals surface area (Å²) in [6, 6.07) is 9.51. The largest absolute Gasteiger partial charge is 1.00 e. The molecule has 0 amide bonds. The van der Waals surface area contributed by atoms with Gasteiger partial charge in [0.1, 0.15) is 10.1 Å². The van der Waals surface area contributed by atoms with Gasteiger partial charge in [-0.2, -0.15) is 0 Å². The van der Waals surface area contributed by atoms with Crippen LogP contribution in [0.5, 0.6) is 0 Å². The average molecular weight is 427 g/mol. The Kier molecular flexibility index (Phi) is 12.7. The van der Waals surface area contributed by atoms with Crippen LogP contribution in [0.2, 0.25) is 0 Å². The van der Waals surface area contributed by atoms with E-state index in [0.717, 1.165) is 55.0 Å². The van der Waals surface area contributed by atoms with E-state index in [4.69, 9.17) is 0 Å². The maximum absolute atomic E-state index is 12.2. The molecule has 2 aromatic carbocycles. The van der Waals surface area contributed by atoms with Gasteiger partial charge < -0.3 is 4.55 Å². The van der Waals surface area contributed by atoms with Crippen LogP contribution >= 0.6 is 0 Å². The molecule has 0 bridgehead atoms.